The zero-order valence-corrected chi connectivity index (χ0v) is 12.5. The van der Waals surface area contributed by atoms with Gasteiger partial charge in [-0.05, 0) is 32.9 Å². The highest BCUT2D eigenvalue weighted by Crippen LogP contribution is 2.13. The van der Waals surface area contributed by atoms with E-state index in [0.717, 1.165) is 30.1 Å². The summed E-state index contributed by atoms with van der Waals surface area (Å²) < 4.78 is 31.7. The van der Waals surface area contributed by atoms with Crippen molar-refractivity contribution in [1.82, 2.24) is 0 Å². The molecule has 3 atom stereocenters. The average Bonchev–Trinajstić information content (AvgIpc) is 2.41. The van der Waals surface area contributed by atoms with Crippen LogP contribution in [-0.4, -0.2) is 37.2 Å². The van der Waals surface area contributed by atoms with Gasteiger partial charge in [0, 0.05) is 11.8 Å². The van der Waals surface area contributed by atoms with E-state index < -0.39 is 11.6 Å². The van der Waals surface area contributed by atoms with E-state index in [2.05, 4.69) is 5.32 Å². The quantitative estimate of drug-likeness (QED) is 0.874. The number of carbonyl (C=O) groups excluding carboxylic acids is 1. The number of benzene rings is 1. The lowest BCUT2D eigenvalue weighted by Crippen LogP contribution is -3.19. The SMILES string of the molecule is C[C@H]1C[NH+]([C@@H](C)C(=O)Nc2ccc(F)c(F)c2)C[C@H](C)O1. The van der Waals surface area contributed by atoms with Crippen LogP contribution in [0.25, 0.3) is 0 Å². The topological polar surface area (TPSA) is 42.8 Å². The Morgan fingerprint density at radius 3 is 2.48 bits per heavy atom. The number of amides is 1. The minimum absolute atomic E-state index is 0.0993. The number of nitrogens with one attached hydrogen (secondary N) is 2. The number of quaternary nitrogens is 1. The average molecular weight is 299 g/mol. The van der Waals surface area contributed by atoms with Crippen molar-refractivity contribution in [2.45, 2.75) is 39.0 Å². The Labute approximate surface area is 123 Å². The van der Waals surface area contributed by atoms with Gasteiger partial charge in [-0.3, -0.25) is 4.79 Å². The highest BCUT2D eigenvalue weighted by atomic mass is 19.2. The number of carbonyl (C=O) groups is 1. The van der Waals surface area contributed by atoms with Gasteiger partial charge in [-0.1, -0.05) is 0 Å². The van der Waals surface area contributed by atoms with Crippen molar-refractivity contribution < 1.29 is 23.2 Å². The van der Waals surface area contributed by atoms with Gasteiger partial charge in [-0.25, -0.2) is 8.78 Å². The minimum atomic E-state index is -0.971. The molecule has 4 nitrogen and oxygen atoms in total. The number of anilines is 1. The maximum atomic E-state index is 13.1. The lowest BCUT2D eigenvalue weighted by atomic mass is 10.1. The molecule has 0 aliphatic carbocycles. The Hall–Kier alpha value is -1.53. The molecule has 0 unspecified atom stereocenters. The van der Waals surface area contributed by atoms with Crippen LogP contribution >= 0.6 is 0 Å². The van der Waals surface area contributed by atoms with Crippen LogP contribution in [0.15, 0.2) is 18.2 Å². The molecule has 21 heavy (non-hydrogen) atoms. The molecule has 6 heteroatoms. The molecule has 1 aliphatic rings. The fraction of sp³-hybridized carbons (Fsp3) is 0.533. The zero-order valence-electron chi connectivity index (χ0n) is 12.5. The molecule has 1 fully saturated rings. The van der Waals surface area contributed by atoms with Crippen molar-refractivity contribution in [3.63, 3.8) is 0 Å². The lowest BCUT2D eigenvalue weighted by molar-refractivity contribution is -0.928. The third-order valence-corrected chi connectivity index (χ3v) is 3.76. The van der Waals surface area contributed by atoms with E-state index in [0.29, 0.717) is 0 Å². The molecule has 2 rings (SSSR count). The second-order valence-electron chi connectivity index (χ2n) is 5.66. The fourth-order valence-electron chi connectivity index (χ4n) is 2.68. The Balaban J connectivity index is 2.00. The van der Waals surface area contributed by atoms with E-state index in [-0.39, 0.29) is 29.8 Å². The molecule has 1 aromatic rings. The second kappa shape index (κ2) is 6.49. The molecule has 1 heterocycles. The normalized spacial score (nSPS) is 27.2. The molecular formula is C15H21F2N2O2+. The van der Waals surface area contributed by atoms with Crippen LogP contribution in [0.3, 0.4) is 0 Å². The van der Waals surface area contributed by atoms with Crippen molar-refractivity contribution in [3.8, 4) is 0 Å². The van der Waals surface area contributed by atoms with Crippen LogP contribution in [-0.2, 0) is 9.53 Å². The first-order valence-corrected chi connectivity index (χ1v) is 7.12. The van der Waals surface area contributed by atoms with Crippen molar-refractivity contribution in [2.75, 3.05) is 18.4 Å². The van der Waals surface area contributed by atoms with E-state index in [1.165, 1.54) is 6.07 Å². The molecular weight excluding hydrogens is 278 g/mol. The van der Waals surface area contributed by atoms with Gasteiger partial charge in [0.25, 0.3) is 5.91 Å². The molecule has 0 aromatic heterocycles. The van der Waals surface area contributed by atoms with Gasteiger partial charge in [-0.15, -0.1) is 0 Å². The third-order valence-electron chi connectivity index (χ3n) is 3.76. The van der Waals surface area contributed by atoms with E-state index in [9.17, 15) is 13.6 Å². The van der Waals surface area contributed by atoms with Crippen LogP contribution < -0.4 is 10.2 Å². The fourth-order valence-corrected chi connectivity index (χ4v) is 2.68. The maximum absolute atomic E-state index is 13.1. The monoisotopic (exact) mass is 299 g/mol. The molecule has 0 bridgehead atoms. The number of morpholine rings is 1. The molecule has 0 saturated carbocycles. The van der Waals surface area contributed by atoms with Gasteiger partial charge >= 0.3 is 0 Å². The predicted octanol–water partition coefficient (Wildman–Crippen LogP) is 0.984. The smallest absolute Gasteiger partial charge is 0.282 e. The Kier molecular flexibility index (Phi) is 4.90. The van der Waals surface area contributed by atoms with Gasteiger partial charge in [0.1, 0.15) is 25.3 Å². The Morgan fingerprint density at radius 1 is 1.29 bits per heavy atom. The number of hydrogen-bond donors (Lipinski definition) is 2. The molecule has 1 amide bonds. The summed E-state index contributed by atoms with van der Waals surface area (Å²) in [5.41, 5.74) is 0.263. The number of rotatable bonds is 3. The van der Waals surface area contributed by atoms with Crippen LogP contribution in [0.5, 0.6) is 0 Å². The first-order chi connectivity index (χ1) is 9.86. The number of ether oxygens (including phenoxy) is 1. The number of hydrogen-bond acceptors (Lipinski definition) is 2. The number of halogens is 2. The van der Waals surface area contributed by atoms with Gasteiger partial charge in [-0.2, -0.15) is 0 Å². The predicted molar refractivity (Wildman–Crippen MR) is 75.2 cm³/mol. The van der Waals surface area contributed by atoms with Gasteiger partial charge < -0.3 is 15.0 Å². The minimum Gasteiger partial charge on any atom is -0.364 e. The lowest BCUT2D eigenvalue weighted by Gasteiger charge is -2.35. The summed E-state index contributed by atoms with van der Waals surface area (Å²) >= 11 is 0. The van der Waals surface area contributed by atoms with Crippen molar-refractivity contribution in [2.24, 2.45) is 0 Å². The molecule has 2 N–H and O–H groups in total. The van der Waals surface area contributed by atoms with E-state index in [1.807, 2.05) is 20.8 Å². The first-order valence-electron chi connectivity index (χ1n) is 7.12. The first kappa shape index (κ1) is 15.9. The van der Waals surface area contributed by atoms with Crippen LogP contribution in [0.4, 0.5) is 14.5 Å². The molecule has 0 spiro atoms. The summed E-state index contributed by atoms with van der Waals surface area (Å²) in [6.45, 7) is 7.29. The summed E-state index contributed by atoms with van der Waals surface area (Å²) in [6, 6.07) is 3.05. The molecule has 1 saturated heterocycles. The van der Waals surface area contributed by atoms with Crippen molar-refractivity contribution >= 4 is 11.6 Å². The highest BCUT2D eigenvalue weighted by Gasteiger charge is 2.32. The summed E-state index contributed by atoms with van der Waals surface area (Å²) in [5, 5.41) is 2.63. The highest BCUT2D eigenvalue weighted by molar-refractivity contribution is 5.93. The largest absolute Gasteiger partial charge is 0.364 e. The van der Waals surface area contributed by atoms with Gasteiger partial charge in [0.2, 0.25) is 0 Å². The third kappa shape index (κ3) is 3.98. The van der Waals surface area contributed by atoms with Crippen molar-refractivity contribution in [1.29, 1.82) is 0 Å². The van der Waals surface area contributed by atoms with E-state index >= 15 is 0 Å². The summed E-state index contributed by atoms with van der Waals surface area (Å²) in [7, 11) is 0. The van der Waals surface area contributed by atoms with Crippen LogP contribution in [0, 0.1) is 11.6 Å². The molecule has 0 radical (unpaired) electrons. The molecule has 1 aromatic carbocycles. The van der Waals surface area contributed by atoms with Crippen LogP contribution in [0.2, 0.25) is 0 Å². The standard InChI is InChI=1S/C15H20F2N2O2/c1-9-7-19(8-10(2)21-9)11(3)15(20)18-12-4-5-13(16)14(17)6-12/h4-6,9-11H,7-8H2,1-3H3,(H,18,20)/p+1/t9-,10-,11-/m0/s1. The van der Waals surface area contributed by atoms with E-state index in [1.54, 1.807) is 0 Å². The van der Waals surface area contributed by atoms with Gasteiger partial charge in [0.05, 0.1) is 0 Å². The Bertz CT molecular complexity index is 514. The second-order valence-corrected chi connectivity index (χ2v) is 5.66. The molecule has 1 aliphatic heterocycles. The van der Waals surface area contributed by atoms with Crippen molar-refractivity contribution in [3.05, 3.63) is 29.8 Å². The summed E-state index contributed by atoms with van der Waals surface area (Å²) in [5.74, 6) is -2.11. The Morgan fingerprint density at radius 2 is 1.90 bits per heavy atom. The van der Waals surface area contributed by atoms with E-state index in [4.69, 9.17) is 4.74 Å². The van der Waals surface area contributed by atoms with Crippen LogP contribution in [0.1, 0.15) is 20.8 Å². The summed E-state index contributed by atoms with van der Waals surface area (Å²) in [6.07, 6.45) is 0.199. The maximum Gasteiger partial charge on any atom is 0.282 e. The van der Waals surface area contributed by atoms with Gasteiger partial charge in [0.15, 0.2) is 17.7 Å². The zero-order chi connectivity index (χ0) is 15.6. The summed E-state index contributed by atoms with van der Waals surface area (Å²) in [4.78, 5) is 13.4. The molecule has 116 valence electrons.